The fraction of sp³-hybridized carbons (Fsp3) is 0.176. The summed E-state index contributed by atoms with van der Waals surface area (Å²) < 4.78 is 7.45. The molecule has 0 radical (unpaired) electrons. The monoisotopic (exact) mass is 278 g/mol. The number of hydrogen-bond acceptors (Lipinski definition) is 3. The van der Waals surface area contributed by atoms with E-state index in [2.05, 4.69) is 5.10 Å². The maximum absolute atomic E-state index is 12.7. The lowest BCUT2D eigenvalue weighted by atomic mass is 10.0. The molecule has 2 heterocycles. The summed E-state index contributed by atoms with van der Waals surface area (Å²) in [5, 5.41) is 4.21. The molecule has 21 heavy (non-hydrogen) atoms. The number of pyridine rings is 1. The number of benzene rings is 1. The summed E-state index contributed by atoms with van der Waals surface area (Å²) in [5.74, 6) is 0.734. The van der Waals surface area contributed by atoms with Crippen LogP contribution in [0.2, 0.25) is 0 Å². The third-order valence-corrected chi connectivity index (χ3v) is 3.59. The van der Waals surface area contributed by atoms with Crippen LogP contribution < -0.4 is 4.74 Å². The lowest BCUT2D eigenvalue weighted by Crippen LogP contribution is -2.02. The van der Waals surface area contributed by atoms with Crippen molar-refractivity contribution in [2.45, 2.75) is 18.9 Å². The van der Waals surface area contributed by atoms with Crippen LogP contribution in [0.5, 0.6) is 5.75 Å². The van der Waals surface area contributed by atoms with Crippen molar-refractivity contribution in [3.8, 4) is 5.75 Å². The fourth-order valence-electron chi connectivity index (χ4n) is 2.35. The zero-order valence-electron chi connectivity index (χ0n) is 11.4. The first kappa shape index (κ1) is 12.1. The van der Waals surface area contributed by atoms with Gasteiger partial charge in [-0.15, -0.1) is 0 Å². The molecule has 1 fully saturated rings. The standard InChI is InChI=1S/C17H14N2O2/c20-17(15-11-18-19-9-2-1-6-16(15)19)12-4-3-5-14(10-12)21-13-7-8-13/h1-6,9-11,13H,7-8H2. The van der Waals surface area contributed by atoms with Gasteiger partial charge in [0, 0.05) is 11.8 Å². The van der Waals surface area contributed by atoms with Crippen molar-refractivity contribution in [3.63, 3.8) is 0 Å². The van der Waals surface area contributed by atoms with E-state index < -0.39 is 0 Å². The van der Waals surface area contributed by atoms with Crippen molar-refractivity contribution in [1.82, 2.24) is 9.61 Å². The molecule has 0 N–H and O–H groups in total. The predicted molar refractivity (Wildman–Crippen MR) is 78.7 cm³/mol. The Morgan fingerprint density at radius 2 is 2.10 bits per heavy atom. The first-order valence-corrected chi connectivity index (χ1v) is 7.05. The molecular weight excluding hydrogens is 264 g/mol. The maximum atomic E-state index is 12.7. The topological polar surface area (TPSA) is 43.6 Å². The van der Waals surface area contributed by atoms with Crippen LogP contribution in [-0.2, 0) is 0 Å². The van der Waals surface area contributed by atoms with Crippen LogP contribution in [0.4, 0.5) is 0 Å². The van der Waals surface area contributed by atoms with Gasteiger partial charge in [-0.1, -0.05) is 18.2 Å². The van der Waals surface area contributed by atoms with Crippen molar-refractivity contribution >= 4 is 11.3 Å². The molecule has 0 saturated heterocycles. The summed E-state index contributed by atoms with van der Waals surface area (Å²) in [6.45, 7) is 0. The molecule has 4 nitrogen and oxygen atoms in total. The quantitative estimate of drug-likeness (QED) is 0.689. The Bertz CT molecular complexity index is 818. The predicted octanol–water partition coefficient (Wildman–Crippen LogP) is 3.11. The zero-order chi connectivity index (χ0) is 14.2. The van der Waals surface area contributed by atoms with Crippen molar-refractivity contribution in [2.75, 3.05) is 0 Å². The van der Waals surface area contributed by atoms with E-state index in [0.29, 0.717) is 17.2 Å². The molecule has 4 heteroatoms. The van der Waals surface area contributed by atoms with E-state index in [0.717, 1.165) is 24.1 Å². The molecule has 4 rings (SSSR count). The molecule has 0 atom stereocenters. The van der Waals surface area contributed by atoms with Gasteiger partial charge in [-0.25, -0.2) is 4.52 Å². The lowest BCUT2D eigenvalue weighted by Gasteiger charge is -2.06. The summed E-state index contributed by atoms with van der Waals surface area (Å²) >= 11 is 0. The molecule has 0 aliphatic heterocycles. The molecule has 104 valence electrons. The SMILES string of the molecule is O=C(c1cccc(OC2CC2)c1)c1cnn2ccccc12. The van der Waals surface area contributed by atoms with Crippen molar-refractivity contribution in [1.29, 1.82) is 0 Å². The minimum absolute atomic E-state index is 0.0301. The number of carbonyl (C=O) groups excluding carboxylic acids is 1. The highest BCUT2D eigenvalue weighted by Gasteiger charge is 2.24. The van der Waals surface area contributed by atoms with Crippen molar-refractivity contribution in [3.05, 3.63) is 66.0 Å². The van der Waals surface area contributed by atoms with E-state index in [1.807, 2.05) is 48.7 Å². The van der Waals surface area contributed by atoms with Gasteiger partial charge >= 0.3 is 0 Å². The Morgan fingerprint density at radius 3 is 2.95 bits per heavy atom. The molecule has 0 bridgehead atoms. The molecule has 0 unspecified atom stereocenters. The number of ketones is 1. The lowest BCUT2D eigenvalue weighted by molar-refractivity contribution is 0.103. The van der Waals surface area contributed by atoms with Gasteiger partial charge in [0.25, 0.3) is 0 Å². The summed E-state index contributed by atoms with van der Waals surface area (Å²) in [6, 6.07) is 13.1. The minimum Gasteiger partial charge on any atom is -0.490 e. The van der Waals surface area contributed by atoms with E-state index in [9.17, 15) is 4.79 Å². The van der Waals surface area contributed by atoms with Crippen LogP contribution in [0.15, 0.2) is 54.9 Å². The highest BCUT2D eigenvalue weighted by atomic mass is 16.5. The highest BCUT2D eigenvalue weighted by Crippen LogP contribution is 2.27. The number of ether oxygens (including phenoxy) is 1. The van der Waals surface area contributed by atoms with E-state index in [-0.39, 0.29) is 5.78 Å². The van der Waals surface area contributed by atoms with Crippen LogP contribution in [-0.4, -0.2) is 21.5 Å². The van der Waals surface area contributed by atoms with Crippen LogP contribution in [0.1, 0.15) is 28.8 Å². The van der Waals surface area contributed by atoms with Gasteiger partial charge in [0.2, 0.25) is 0 Å². The molecule has 2 aromatic heterocycles. The summed E-state index contributed by atoms with van der Waals surface area (Å²) in [6.07, 6.45) is 5.98. The molecule has 0 amide bonds. The fourth-order valence-corrected chi connectivity index (χ4v) is 2.35. The van der Waals surface area contributed by atoms with Gasteiger partial charge in [-0.3, -0.25) is 4.79 Å². The van der Waals surface area contributed by atoms with Crippen molar-refractivity contribution < 1.29 is 9.53 Å². The second-order valence-corrected chi connectivity index (χ2v) is 5.26. The second kappa shape index (κ2) is 4.74. The van der Waals surface area contributed by atoms with E-state index >= 15 is 0 Å². The Morgan fingerprint density at radius 1 is 1.19 bits per heavy atom. The Labute approximate surface area is 122 Å². The smallest absolute Gasteiger partial charge is 0.196 e. The van der Waals surface area contributed by atoms with Gasteiger partial charge in [0.1, 0.15) is 5.75 Å². The molecule has 1 aliphatic carbocycles. The molecule has 1 aromatic carbocycles. The van der Waals surface area contributed by atoms with E-state index in [1.54, 1.807) is 10.7 Å². The normalized spacial score (nSPS) is 14.3. The first-order chi connectivity index (χ1) is 10.3. The third-order valence-electron chi connectivity index (χ3n) is 3.59. The molecule has 1 aliphatic rings. The Hall–Kier alpha value is -2.62. The number of aromatic nitrogens is 2. The van der Waals surface area contributed by atoms with Gasteiger partial charge < -0.3 is 4.74 Å². The minimum atomic E-state index is -0.0301. The number of hydrogen-bond donors (Lipinski definition) is 0. The van der Waals surface area contributed by atoms with Crippen molar-refractivity contribution in [2.24, 2.45) is 0 Å². The van der Waals surface area contributed by atoms with Gasteiger partial charge in [0.15, 0.2) is 5.78 Å². The first-order valence-electron chi connectivity index (χ1n) is 7.05. The molecular formula is C17H14N2O2. The third kappa shape index (κ3) is 2.29. The van der Waals surface area contributed by atoms with Crippen LogP contribution in [0, 0.1) is 0 Å². The van der Waals surface area contributed by atoms with Crippen LogP contribution >= 0.6 is 0 Å². The Kier molecular flexibility index (Phi) is 2.74. The van der Waals surface area contributed by atoms with E-state index in [1.165, 1.54) is 0 Å². The average molecular weight is 278 g/mol. The van der Waals surface area contributed by atoms with E-state index in [4.69, 9.17) is 4.74 Å². The highest BCUT2D eigenvalue weighted by molar-refractivity contribution is 6.13. The van der Waals surface area contributed by atoms with Gasteiger partial charge in [0.05, 0.1) is 23.4 Å². The number of fused-ring (bicyclic) bond motifs is 1. The van der Waals surface area contributed by atoms with Gasteiger partial charge in [-0.05, 0) is 37.1 Å². The second-order valence-electron chi connectivity index (χ2n) is 5.26. The van der Waals surface area contributed by atoms with Crippen LogP contribution in [0.25, 0.3) is 5.52 Å². The molecule has 3 aromatic rings. The zero-order valence-corrected chi connectivity index (χ0v) is 11.4. The number of rotatable bonds is 4. The summed E-state index contributed by atoms with van der Waals surface area (Å²) in [7, 11) is 0. The largest absolute Gasteiger partial charge is 0.490 e. The average Bonchev–Trinajstić information content (AvgIpc) is 3.23. The van der Waals surface area contributed by atoms with Crippen LogP contribution in [0.3, 0.4) is 0 Å². The maximum Gasteiger partial charge on any atom is 0.196 e. The van der Waals surface area contributed by atoms with Gasteiger partial charge in [-0.2, -0.15) is 5.10 Å². The molecule has 0 spiro atoms. The summed E-state index contributed by atoms with van der Waals surface area (Å²) in [5.41, 5.74) is 2.06. The molecule has 1 saturated carbocycles. The number of nitrogens with zero attached hydrogens (tertiary/aromatic N) is 2. The number of carbonyl (C=O) groups is 1. The Balaban J connectivity index is 1.70. The summed E-state index contributed by atoms with van der Waals surface area (Å²) in [4.78, 5) is 12.7.